The van der Waals surface area contributed by atoms with Crippen LogP contribution in [0.4, 0.5) is 5.69 Å². The van der Waals surface area contributed by atoms with E-state index >= 15 is 0 Å². The number of hydrogen-bond donors (Lipinski definition) is 1. The maximum atomic E-state index is 12.4. The molecular weight excluding hydrogens is 348 g/mol. The van der Waals surface area contributed by atoms with Crippen LogP contribution in [-0.2, 0) is 10.2 Å². The van der Waals surface area contributed by atoms with E-state index in [1.54, 1.807) is 0 Å². The summed E-state index contributed by atoms with van der Waals surface area (Å²) in [5, 5.41) is 3.31. The Morgan fingerprint density at radius 1 is 1.14 bits per heavy atom. The van der Waals surface area contributed by atoms with Crippen LogP contribution in [0, 0.1) is 0 Å². The smallest absolute Gasteiger partial charge is 0.223 e. The second-order valence-electron chi connectivity index (χ2n) is 8.11. The molecule has 1 fully saturated rings. The average Bonchev–Trinajstić information content (AvgIpc) is 2.90. The number of amides is 1. The predicted molar refractivity (Wildman–Crippen MR) is 114 cm³/mol. The molecule has 0 radical (unpaired) electrons. The number of nitrogens with zero attached hydrogens (tertiary/aromatic N) is 1. The molecule has 2 aromatic carbocycles. The van der Waals surface area contributed by atoms with Crippen molar-refractivity contribution in [3.05, 3.63) is 65.7 Å². The Kier molecular flexibility index (Phi) is 4.66. The highest BCUT2D eigenvalue weighted by molar-refractivity contribution is 5.84. The molecule has 2 aliphatic heterocycles. The topological polar surface area (TPSA) is 41.6 Å². The lowest BCUT2D eigenvalue weighted by Gasteiger charge is -2.49. The Labute approximate surface area is 167 Å². The number of benzene rings is 2. The Hall–Kier alpha value is -2.75. The molecule has 1 saturated heterocycles. The average molecular weight is 377 g/mol. The summed E-state index contributed by atoms with van der Waals surface area (Å²) in [4.78, 5) is 14.8. The summed E-state index contributed by atoms with van der Waals surface area (Å²) < 4.78 is 5.67. The van der Waals surface area contributed by atoms with Crippen molar-refractivity contribution in [1.82, 2.24) is 5.32 Å². The van der Waals surface area contributed by atoms with E-state index in [1.165, 1.54) is 11.3 Å². The van der Waals surface area contributed by atoms with Gasteiger partial charge in [-0.15, -0.1) is 0 Å². The highest BCUT2D eigenvalue weighted by Crippen LogP contribution is 2.52. The van der Waals surface area contributed by atoms with Crippen LogP contribution in [0.3, 0.4) is 0 Å². The lowest BCUT2D eigenvalue weighted by molar-refractivity contribution is -0.124. The summed E-state index contributed by atoms with van der Waals surface area (Å²) in [6.45, 7) is 7.97. The molecule has 1 unspecified atom stereocenters. The summed E-state index contributed by atoms with van der Waals surface area (Å²) >= 11 is 0. The lowest BCUT2D eigenvalue weighted by Crippen LogP contribution is -2.68. The number of hydrogen-bond acceptors (Lipinski definition) is 3. The van der Waals surface area contributed by atoms with Gasteiger partial charge in [0.15, 0.2) is 0 Å². The third-order valence-electron chi connectivity index (χ3n) is 6.01. The van der Waals surface area contributed by atoms with Gasteiger partial charge in [-0.3, -0.25) is 4.79 Å². The molecule has 2 heterocycles. The van der Waals surface area contributed by atoms with Gasteiger partial charge in [0, 0.05) is 24.1 Å². The van der Waals surface area contributed by atoms with E-state index in [9.17, 15) is 4.79 Å². The number of carbonyl (C=O) groups excluding carboxylic acids is 1. The highest BCUT2D eigenvalue weighted by Gasteiger charge is 2.57. The summed E-state index contributed by atoms with van der Waals surface area (Å²) in [6, 6.07) is 16.6. The fraction of sp³-hybridized carbons (Fsp3) is 0.375. The molecule has 0 aliphatic carbocycles. The first kappa shape index (κ1) is 18.6. The number of nitrogens with one attached hydrogen (secondary N) is 1. The Morgan fingerprint density at radius 3 is 2.64 bits per heavy atom. The molecule has 1 amide bonds. The number of fused-ring (bicyclic) bond motifs is 3. The minimum atomic E-state index is -0.566. The summed E-state index contributed by atoms with van der Waals surface area (Å²) in [6.07, 6.45) is 5.78. The van der Waals surface area contributed by atoms with Crippen LogP contribution < -0.4 is 15.0 Å². The first-order valence-electron chi connectivity index (χ1n) is 10.1. The summed E-state index contributed by atoms with van der Waals surface area (Å²) in [7, 11) is 0. The number of para-hydroxylation sites is 1. The quantitative estimate of drug-likeness (QED) is 0.835. The molecule has 28 heavy (non-hydrogen) atoms. The molecular formula is C24H28N2O2. The number of carbonyl (C=O) groups is 1. The van der Waals surface area contributed by atoms with Crippen molar-refractivity contribution < 1.29 is 9.53 Å². The zero-order valence-electron chi connectivity index (χ0n) is 16.9. The fourth-order valence-corrected chi connectivity index (χ4v) is 4.43. The molecule has 4 rings (SSSR count). The predicted octanol–water partition coefficient (Wildman–Crippen LogP) is 4.50. The minimum Gasteiger partial charge on any atom is -0.494 e. The number of rotatable bonds is 5. The van der Waals surface area contributed by atoms with Crippen LogP contribution in [0.2, 0.25) is 0 Å². The van der Waals surface area contributed by atoms with E-state index in [0.717, 1.165) is 30.9 Å². The lowest BCUT2D eigenvalue weighted by atomic mass is 9.74. The molecule has 0 spiro atoms. The molecule has 0 saturated carbocycles. The van der Waals surface area contributed by atoms with Crippen LogP contribution in [0.25, 0.3) is 6.08 Å². The van der Waals surface area contributed by atoms with Crippen LogP contribution in [0.15, 0.2) is 54.6 Å². The van der Waals surface area contributed by atoms with Crippen molar-refractivity contribution >= 4 is 17.7 Å². The van der Waals surface area contributed by atoms with Gasteiger partial charge >= 0.3 is 0 Å². The third-order valence-corrected chi connectivity index (χ3v) is 6.01. The van der Waals surface area contributed by atoms with Gasteiger partial charge in [-0.25, -0.2) is 0 Å². The van der Waals surface area contributed by atoms with Gasteiger partial charge in [-0.05, 0) is 41.8 Å². The minimum absolute atomic E-state index is 0.102. The standard InChI is InChI=1S/C24H28N2O2/c1-4-17-28-19-11-9-18(10-12-19)13-15-24-23(2,3)20-7-5-6-8-21(20)26(24)16-14-22(27)25-24/h5-13,15H,4,14,16-17H2,1-3H3,(H,25,27)/b15-13+. The van der Waals surface area contributed by atoms with E-state index in [0.29, 0.717) is 6.42 Å². The van der Waals surface area contributed by atoms with Crippen LogP contribution >= 0.6 is 0 Å². The van der Waals surface area contributed by atoms with Gasteiger partial charge in [-0.1, -0.05) is 57.2 Å². The first-order chi connectivity index (χ1) is 13.5. The van der Waals surface area contributed by atoms with Crippen molar-refractivity contribution in [3.63, 3.8) is 0 Å². The van der Waals surface area contributed by atoms with Crippen molar-refractivity contribution in [3.8, 4) is 5.75 Å². The molecule has 1 atom stereocenters. The molecule has 4 heteroatoms. The maximum Gasteiger partial charge on any atom is 0.223 e. The molecule has 2 aromatic rings. The molecule has 0 aromatic heterocycles. The third kappa shape index (κ3) is 2.88. The van der Waals surface area contributed by atoms with E-state index in [2.05, 4.69) is 79.5 Å². The van der Waals surface area contributed by atoms with Gasteiger partial charge < -0.3 is 15.0 Å². The van der Waals surface area contributed by atoms with Crippen molar-refractivity contribution in [2.75, 3.05) is 18.1 Å². The molecule has 4 nitrogen and oxygen atoms in total. The Balaban J connectivity index is 1.69. The second-order valence-corrected chi connectivity index (χ2v) is 8.11. The largest absolute Gasteiger partial charge is 0.494 e. The number of anilines is 1. The van der Waals surface area contributed by atoms with Gasteiger partial charge in [0.2, 0.25) is 5.91 Å². The molecule has 2 aliphatic rings. The van der Waals surface area contributed by atoms with Gasteiger partial charge in [0.05, 0.1) is 6.61 Å². The molecule has 146 valence electrons. The van der Waals surface area contributed by atoms with Gasteiger partial charge in [-0.2, -0.15) is 0 Å². The van der Waals surface area contributed by atoms with Gasteiger partial charge in [0.1, 0.15) is 11.4 Å². The van der Waals surface area contributed by atoms with Crippen molar-refractivity contribution in [1.29, 1.82) is 0 Å². The zero-order valence-corrected chi connectivity index (χ0v) is 16.9. The van der Waals surface area contributed by atoms with Crippen molar-refractivity contribution in [2.24, 2.45) is 0 Å². The molecule has 0 bridgehead atoms. The maximum absolute atomic E-state index is 12.4. The second kappa shape index (κ2) is 7.01. The van der Waals surface area contributed by atoms with Crippen LogP contribution in [0.5, 0.6) is 5.75 Å². The van der Waals surface area contributed by atoms with Gasteiger partial charge in [0.25, 0.3) is 0 Å². The Morgan fingerprint density at radius 2 is 1.89 bits per heavy atom. The fourth-order valence-electron chi connectivity index (χ4n) is 4.43. The summed E-state index contributed by atoms with van der Waals surface area (Å²) in [5.74, 6) is 0.989. The normalized spacial score (nSPS) is 22.7. The van der Waals surface area contributed by atoms with E-state index < -0.39 is 5.66 Å². The highest BCUT2D eigenvalue weighted by atomic mass is 16.5. The SMILES string of the molecule is CCCOc1ccc(/C=C/C23NC(=O)CCN2c2ccccc2C3(C)C)cc1. The summed E-state index contributed by atoms with van der Waals surface area (Å²) in [5.41, 5.74) is 2.75. The van der Waals surface area contributed by atoms with E-state index in [1.807, 2.05) is 12.1 Å². The number of ether oxygens (including phenoxy) is 1. The van der Waals surface area contributed by atoms with E-state index in [4.69, 9.17) is 4.74 Å². The monoisotopic (exact) mass is 376 g/mol. The van der Waals surface area contributed by atoms with Crippen LogP contribution in [-0.4, -0.2) is 24.7 Å². The Bertz CT molecular complexity index is 901. The first-order valence-corrected chi connectivity index (χ1v) is 10.1. The molecule has 1 N–H and O–H groups in total. The zero-order chi connectivity index (χ0) is 19.8. The van der Waals surface area contributed by atoms with Crippen LogP contribution in [0.1, 0.15) is 44.7 Å². The van der Waals surface area contributed by atoms with Crippen molar-refractivity contribution in [2.45, 2.75) is 44.7 Å². The van der Waals surface area contributed by atoms with E-state index in [-0.39, 0.29) is 11.3 Å².